The molecule has 2 aromatic carbocycles. The van der Waals surface area contributed by atoms with Crippen molar-refractivity contribution in [3.05, 3.63) is 71.3 Å². The average molecular weight is 283 g/mol. The molecule has 3 N–H and O–H groups in total. The van der Waals surface area contributed by atoms with E-state index >= 15 is 0 Å². The maximum atomic E-state index is 12.1. The molecule has 0 aliphatic rings. The molecule has 4 heteroatoms. The standard InChI is InChI=1S/C17H21N3O/c1-20(13-16-9-5-8-15(10-16)11-18)17(21)19-12-14-6-3-2-4-7-14/h2-10H,11-13,18H2,1H3,(H,19,21). The van der Waals surface area contributed by atoms with Crippen LogP contribution in [0.1, 0.15) is 16.7 Å². The molecule has 0 radical (unpaired) electrons. The van der Waals surface area contributed by atoms with Gasteiger partial charge in [0.25, 0.3) is 0 Å². The summed E-state index contributed by atoms with van der Waals surface area (Å²) in [5.41, 5.74) is 8.87. The number of nitrogens with one attached hydrogen (secondary N) is 1. The van der Waals surface area contributed by atoms with Crippen molar-refractivity contribution < 1.29 is 4.79 Å². The van der Waals surface area contributed by atoms with E-state index in [0.717, 1.165) is 16.7 Å². The maximum Gasteiger partial charge on any atom is 0.317 e. The summed E-state index contributed by atoms with van der Waals surface area (Å²) < 4.78 is 0. The highest BCUT2D eigenvalue weighted by Crippen LogP contribution is 2.07. The number of nitrogens with zero attached hydrogens (tertiary/aromatic N) is 1. The first kappa shape index (κ1) is 15.1. The van der Waals surface area contributed by atoms with Crippen molar-refractivity contribution in [2.24, 2.45) is 5.73 Å². The first-order valence-corrected chi connectivity index (χ1v) is 7.00. The van der Waals surface area contributed by atoms with Crippen LogP contribution in [0, 0.1) is 0 Å². The van der Waals surface area contributed by atoms with E-state index < -0.39 is 0 Å². The smallest absolute Gasteiger partial charge is 0.317 e. The largest absolute Gasteiger partial charge is 0.334 e. The number of hydrogen-bond donors (Lipinski definition) is 2. The zero-order valence-electron chi connectivity index (χ0n) is 12.3. The van der Waals surface area contributed by atoms with E-state index in [1.54, 1.807) is 11.9 Å². The molecule has 0 aromatic heterocycles. The van der Waals surface area contributed by atoms with E-state index in [0.29, 0.717) is 19.6 Å². The van der Waals surface area contributed by atoms with Crippen molar-refractivity contribution in [3.63, 3.8) is 0 Å². The van der Waals surface area contributed by atoms with Crippen molar-refractivity contribution in [1.29, 1.82) is 0 Å². The molecular weight excluding hydrogens is 262 g/mol. The molecule has 0 aliphatic heterocycles. The van der Waals surface area contributed by atoms with Crippen LogP contribution in [0.15, 0.2) is 54.6 Å². The van der Waals surface area contributed by atoms with E-state index in [1.165, 1.54) is 0 Å². The summed E-state index contributed by atoms with van der Waals surface area (Å²) in [4.78, 5) is 13.7. The summed E-state index contributed by atoms with van der Waals surface area (Å²) in [7, 11) is 1.79. The predicted octanol–water partition coefficient (Wildman–Crippen LogP) is 2.49. The highest BCUT2D eigenvalue weighted by molar-refractivity contribution is 5.73. The first-order chi connectivity index (χ1) is 10.2. The zero-order valence-corrected chi connectivity index (χ0v) is 12.3. The molecule has 0 saturated carbocycles. The van der Waals surface area contributed by atoms with Gasteiger partial charge in [-0.1, -0.05) is 54.6 Å². The van der Waals surface area contributed by atoms with E-state index in [9.17, 15) is 4.79 Å². The van der Waals surface area contributed by atoms with Gasteiger partial charge in [-0.15, -0.1) is 0 Å². The highest BCUT2D eigenvalue weighted by atomic mass is 16.2. The second-order valence-corrected chi connectivity index (χ2v) is 5.02. The number of hydrogen-bond acceptors (Lipinski definition) is 2. The molecule has 110 valence electrons. The van der Waals surface area contributed by atoms with Gasteiger partial charge in [-0.2, -0.15) is 0 Å². The minimum absolute atomic E-state index is 0.0861. The Morgan fingerprint density at radius 3 is 2.43 bits per heavy atom. The first-order valence-electron chi connectivity index (χ1n) is 7.00. The van der Waals surface area contributed by atoms with Gasteiger partial charge in [0.1, 0.15) is 0 Å². The van der Waals surface area contributed by atoms with Crippen LogP contribution in [-0.4, -0.2) is 18.0 Å². The fraction of sp³-hybridized carbons (Fsp3) is 0.235. The van der Waals surface area contributed by atoms with Crippen LogP contribution in [0.2, 0.25) is 0 Å². The molecule has 2 rings (SSSR count). The number of nitrogens with two attached hydrogens (primary N) is 1. The fourth-order valence-corrected chi connectivity index (χ4v) is 2.11. The van der Waals surface area contributed by atoms with Crippen molar-refractivity contribution in [1.82, 2.24) is 10.2 Å². The molecule has 4 nitrogen and oxygen atoms in total. The van der Waals surface area contributed by atoms with Gasteiger partial charge in [0.05, 0.1) is 0 Å². The minimum Gasteiger partial charge on any atom is -0.334 e. The molecular formula is C17H21N3O. The van der Waals surface area contributed by atoms with E-state index in [-0.39, 0.29) is 6.03 Å². The van der Waals surface area contributed by atoms with Crippen LogP contribution in [0.4, 0.5) is 4.79 Å². The van der Waals surface area contributed by atoms with Gasteiger partial charge < -0.3 is 16.0 Å². The number of carbonyl (C=O) groups is 1. The van der Waals surface area contributed by atoms with Crippen LogP contribution in [0.3, 0.4) is 0 Å². The monoisotopic (exact) mass is 283 g/mol. The lowest BCUT2D eigenvalue weighted by atomic mass is 10.1. The molecule has 2 amide bonds. The number of amides is 2. The molecule has 0 aliphatic carbocycles. The lowest BCUT2D eigenvalue weighted by Gasteiger charge is -2.18. The van der Waals surface area contributed by atoms with Gasteiger partial charge in [-0.3, -0.25) is 0 Å². The Morgan fingerprint density at radius 2 is 1.71 bits per heavy atom. The molecule has 2 aromatic rings. The summed E-state index contributed by atoms with van der Waals surface area (Å²) in [5.74, 6) is 0. The van der Waals surface area contributed by atoms with E-state index in [4.69, 9.17) is 5.73 Å². The summed E-state index contributed by atoms with van der Waals surface area (Å²) in [6.07, 6.45) is 0. The third kappa shape index (κ3) is 4.61. The highest BCUT2D eigenvalue weighted by Gasteiger charge is 2.08. The van der Waals surface area contributed by atoms with Gasteiger partial charge in [0, 0.05) is 26.7 Å². The Balaban J connectivity index is 1.87. The fourth-order valence-electron chi connectivity index (χ4n) is 2.11. The lowest BCUT2D eigenvalue weighted by molar-refractivity contribution is 0.206. The van der Waals surface area contributed by atoms with Gasteiger partial charge in [0.2, 0.25) is 0 Å². The number of urea groups is 1. The molecule has 21 heavy (non-hydrogen) atoms. The number of carbonyl (C=O) groups excluding carboxylic acids is 1. The third-order valence-corrected chi connectivity index (χ3v) is 3.28. The third-order valence-electron chi connectivity index (χ3n) is 3.28. The SMILES string of the molecule is CN(Cc1cccc(CN)c1)C(=O)NCc1ccccc1. The van der Waals surface area contributed by atoms with Gasteiger partial charge in [-0.05, 0) is 16.7 Å². The quantitative estimate of drug-likeness (QED) is 0.885. The number of rotatable bonds is 5. The van der Waals surface area contributed by atoms with Crippen molar-refractivity contribution in [2.45, 2.75) is 19.6 Å². The topological polar surface area (TPSA) is 58.4 Å². The van der Waals surface area contributed by atoms with Crippen molar-refractivity contribution in [2.75, 3.05) is 7.05 Å². The summed E-state index contributed by atoms with van der Waals surface area (Å²) in [6.45, 7) is 1.61. The summed E-state index contributed by atoms with van der Waals surface area (Å²) in [6, 6.07) is 17.8. The molecule has 0 spiro atoms. The van der Waals surface area contributed by atoms with Gasteiger partial charge >= 0.3 is 6.03 Å². The Bertz CT molecular complexity index is 584. The van der Waals surface area contributed by atoms with Crippen LogP contribution in [0.25, 0.3) is 0 Å². The van der Waals surface area contributed by atoms with Gasteiger partial charge in [0.15, 0.2) is 0 Å². The second kappa shape index (κ2) is 7.45. The van der Waals surface area contributed by atoms with Crippen LogP contribution in [-0.2, 0) is 19.6 Å². The van der Waals surface area contributed by atoms with Crippen molar-refractivity contribution >= 4 is 6.03 Å². The molecule has 0 fully saturated rings. The molecule has 0 bridgehead atoms. The van der Waals surface area contributed by atoms with Crippen LogP contribution >= 0.6 is 0 Å². The maximum absolute atomic E-state index is 12.1. The molecule has 0 saturated heterocycles. The Hall–Kier alpha value is -2.33. The van der Waals surface area contributed by atoms with E-state index in [1.807, 2.05) is 54.6 Å². The van der Waals surface area contributed by atoms with Crippen molar-refractivity contribution in [3.8, 4) is 0 Å². The molecule has 0 atom stereocenters. The normalized spacial score (nSPS) is 10.2. The van der Waals surface area contributed by atoms with Crippen LogP contribution < -0.4 is 11.1 Å². The summed E-state index contributed by atoms with van der Waals surface area (Å²) in [5, 5.41) is 2.91. The minimum atomic E-state index is -0.0861. The molecule has 0 heterocycles. The molecule has 0 unspecified atom stereocenters. The predicted molar refractivity (Wildman–Crippen MR) is 84.5 cm³/mol. The summed E-state index contributed by atoms with van der Waals surface area (Å²) >= 11 is 0. The Labute approximate surface area is 125 Å². The lowest BCUT2D eigenvalue weighted by Crippen LogP contribution is -2.36. The van der Waals surface area contributed by atoms with E-state index in [2.05, 4.69) is 5.32 Å². The zero-order chi connectivity index (χ0) is 15.1. The Morgan fingerprint density at radius 1 is 1.05 bits per heavy atom. The van der Waals surface area contributed by atoms with Crippen LogP contribution in [0.5, 0.6) is 0 Å². The second-order valence-electron chi connectivity index (χ2n) is 5.02. The average Bonchev–Trinajstić information content (AvgIpc) is 2.53. The Kier molecular flexibility index (Phi) is 5.35. The van der Waals surface area contributed by atoms with Gasteiger partial charge in [-0.25, -0.2) is 4.79 Å². The number of benzene rings is 2.